The van der Waals surface area contributed by atoms with Crippen molar-refractivity contribution in [2.75, 3.05) is 0 Å². The summed E-state index contributed by atoms with van der Waals surface area (Å²) in [4.78, 5) is 26.3. The van der Waals surface area contributed by atoms with Crippen LogP contribution >= 0.6 is 0 Å². The summed E-state index contributed by atoms with van der Waals surface area (Å²) in [6.45, 7) is 2.62. The number of hydrogen-bond acceptors (Lipinski definition) is 4. The van der Waals surface area contributed by atoms with E-state index in [0.717, 1.165) is 23.0 Å². The van der Waals surface area contributed by atoms with E-state index >= 15 is 0 Å². The molecule has 7 heteroatoms. The highest BCUT2D eigenvalue weighted by Crippen LogP contribution is 2.32. The normalized spacial score (nSPS) is 14.9. The predicted octanol–water partition coefficient (Wildman–Crippen LogP) is 3.92. The number of aromatic carboxylic acids is 1. The van der Waals surface area contributed by atoms with Crippen molar-refractivity contribution in [3.63, 3.8) is 0 Å². The molecule has 0 radical (unpaired) electrons. The van der Waals surface area contributed by atoms with E-state index in [1.54, 1.807) is 0 Å². The molecule has 2 heterocycles. The first-order valence-electron chi connectivity index (χ1n) is 10.9. The molecule has 0 saturated heterocycles. The van der Waals surface area contributed by atoms with E-state index in [-0.39, 0.29) is 0 Å². The lowest BCUT2D eigenvalue weighted by Crippen LogP contribution is -2.31. The van der Waals surface area contributed by atoms with Gasteiger partial charge in [0.1, 0.15) is 5.75 Å². The molecule has 164 valence electrons. The van der Waals surface area contributed by atoms with Crippen LogP contribution in [0.2, 0.25) is 0 Å². The molecule has 0 unspecified atom stereocenters. The number of pyridine rings is 1. The highest BCUT2D eigenvalue weighted by Gasteiger charge is 2.22. The van der Waals surface area contributed by atoms with Crippen LogP contribution in [-0.2, 0) is 20.0 Å². The number of nitrogens with zero attached hydrogens (tertiary/aromatic N) is 1. The number of rotatable bonds is 6. The Balaban J connectivity index is 1.70. The molecular formula is C24H29N3O4. The molecule has 1 aliphatic rings. The maximum Gasteiger partial charge on any atom is 0.345 e. The van der Waals surface area contributed by atoms with Crippen LogP contribution in [0.5, 0.6) is 5.75 Å². The van der Waals surface area contributed by atoms with Gasteiger partial charge in [0.2, 0.25) is 0 Å². The van der Waals surface area contributed by atoms with Crippen LogP contribution in [0.3, 0.4) is 0 Å². The van der Waals surface area contributed by atoms with Crippen molar-refractivity contribution in [1.82, 2.24) is 14.9 Å². The van der Waals surface area contributed by atoms with E-state index in [1.165, 1.54) is 37.8 Å². The van der Waals surface area contributed by atoms with E-state index in [0.29, 0.717) is 23.7 Å². The van der Waals surface area contributed by atoms with Crippen LogP contribution in [0.15, 0.2) is 29.1 Å². The zero-order valence-corrected chi connectivity index (χ0v) is 18.0. The second kappa shape index (κ2) is 8.59. The lowest BCUT2D eigenvalue weighted by Gasteiger charge is -2.22. The van der Waals surface area contributed by atoms with Crippen molar-refractivity contribution < 1.29 is 15.0 Å². The van der Waals surface area contributed by atoms with E-state index < -0.39 is 22.8 Å². The van der Waals surface area contributed by atoms with Crippen LogP contribution in [0, 0.1) is 0 Å². The van der Waals surface area contributed by atoms with Crippen LogP contribution in [-0.4, -0.2) is 31.8 Å². The monoisotopic (exact) mass is 423 g/mol. The Kier molecular flexibility index (Phi) is 5.87. The van der Waals surface area contributed by atoms with E-state index in [1.807, 2.05) is 32.2 Å². The zero-order chi connectivity index (χ0) is 22.1. The van der Waals surface area contributed by atoms with Crippen molar-refractivity contribution in [2.45, 2.75) is 58.0 Å². The molecule has 1 fully saturated rings. The van der Waals surface area contributed by atoms with E-state index in [9.17, 15) is 19.8 Å². The maximum absolute atomic E-state index is 12.3. The van der Waals surface area contributed by atoms with Gasteiger partial charge >= 0.3 is 5.97 Å². The molecule has 0 spiro atoms. The summed E-state index contributed by atoms with van der Waals surface area (Å²) < 4.78 is 2.17. The average molecular weight is 424 g/mol. The van der Waals surface area contributed by atoms with Gasteiger partial charge in [-0.25, -0.2) is 4.79 Å². The lowest BCUT2D eigenvalue weighted by molar-refractivity contribution is 0.0691. The first-order valence-corrected chi connectivity index (χ1v) is 10.9. The van der Waals surface area contributed by atoms with E-state index in [4.69, 9.17) is 0 Å². The summed E-state index contributed by atoms with van der Waals surface area (Å²) in [5.41, 5.74) is 2.47. The van der Waals surface area contributed by atoms with Gasteiger partial charge in [0, 0.05) is 41.8 Å². The third-order valence-electron chi connectivity index (χ3n) is 6.46. The Hall–Kier alpha value is -3.06. The van der Waals surface area contributed by atoms with Crippen molar-refractivity contribution in [3.05, 3.63) is 51.4 Å². The smallest absolute Gasteiger partial charge is 0.345 e. The Labute approximate surface area is 180 Å². The van der Waals surface area contributed by atoms with Crippen molar-refractivity contribution in [1.29, 1.82) is 0 Å². The third kappa shape index (κ3) is 3.97. The molecule has 0 atom stereocenters. The van der Waals surface area contributed by atoms with E-state index in [2.05, 4.69) is 20.9 Å². The summed E-state index contributed by atoms with van der Waals surface area (Å²) >= 11 is 0. The fourth-order valence-corrected chi connectivity index (χ4v) is 4.70. The third-order valence-corrected chi connectivity index (χ3v) is 6.46. The fraction of sp³-hybridized carbons (Fsp3) is 0.417. The molecule has 1 saturated carbocycles. The van der Waals surface area contributed by atoms with Gasteiger partial charge in [0.25, 0.3) is 5.56 Å². The largest absolute Gasteiger partial charge is 0.506 e. The maximum atomic E-state index is 12.3. The minimum atomic E-state index is -1.44. The van der Waals surface area contributed by atoms with Crippen LogP contribution in [0.1, 0.15) is 60.6 Å². The molecule has 0 amide bonds. The number of benzene rings is 1. The second-order valence-electron chi connectivity index (χ2n) is 8.37. The number of hydrogen-bond donors (Lipinski definition) is 4. The highest BCUT2D eigenvalue weighted by atomic mass is 16.4. The first-order chi connectivity index (χ1) is 14.9. The number of carboxylic acids is 1. The number of aromatic amines is 1. The van der Waals surface area contributed by atoms with Crippen LogP contribution in [0.4, 0.5) is 0 Å². The number of nitrogens with one attached hydrogen (secondary N) is 2. The Morgan fingerprint density at radius 2 is 1.97 bits per heavy atom. The number of carbonyl (C=O) groups is 1. The summed E-state index contributed by atoms with van der Waals surface area (Å²) in [5.74, 6) is -1.90. The average Bonchev–Trinajstić information content (AvgIpc) is 3.07. The number of H-pyrrole nitrogens is 1. The van der Waals surface area contributed by atoms with Gasteiger partial charge in [-0.15, -0.1) is 0 Å². The molecule has 4 N–H and O–H groups in total. The van der Waals surface area contributed by atoms with Crippen molar-refractivity contribution in [3.8, 4) is 17.0 Å². The van der Waals surface area contributed by atoms with Crippen molar-refractivity contribution >= 4 is 16.9 Å². The molecule has 1 aliphatic carbocycles. The standard InChI is InChI=1S/C24H29N3O4/c1-3-18-21(26-23(29)20(22(18)28)24(30)31)14-9-10-19-15(11-14)12-17(27(19)2)13-25-16-7-5-4-6-8-16/h9-12,16,25H,3-8,13H2,1-2H3,(H,30,31)(H2,26,28,29). The molecule has 0 aliphatic heterocycles. The van der Waals surface area contributed by atoms with Gasteiger partial charge in [-0.1, -0.05) is 32.3 Å². The molecule has 4 rings (SSSR count). The lowest BCUT2D eigenvalue weighted by atomic mass is 9.95. The number of aromatic nitrogens is 2. The van der Waals surface area contributed by atoms with Gasteiger partial charge < -0.3 is 25.1 Å². The summed E-state index contributed by atoms with van der Waals surface area (Å²) in [6, 6.07) is 8.59. The molecule has 31 heavy (non-hydrogen) atoms. The quantitative estimate of drug-likeness (QED) is 0.481. The summed E-state index contributed by atoms with van der Waals surface area (Å²) in [6.07, 6.45) is 6.78. The van der Waals surface area contributed by atoms with Crippen LogP contribution < -0.4 is 10.9 Å². The van der Waals surface area contributed by atoms with Gasteiger partial charge in [0.15, 0.2) is 5.56 Å². The highest BCUT2D eigenvalue weighted by molar-refractivity contribution is 5.92. The molecule has 0 bridgehead atoms. The molecule has 2 aromatic heterocycles. The van der Waals surface area contributed by atoms with Gasteiger partial charge in [-0.3, -0.25) is 4.79 Å². The Morgan fingerprint density at radius 3 is 2.65 bits per heavy atom. The fourth-order valence-electron chi connectivity index (χ4n) is 4.70. The Bertz CT molecular complexity index is 1190. The minimum Gasteiger partial charge on any atom is -0.506 e. The topological polar surface area (TPSA) is 107 Å². The predicted molar refractivity (Wildman–Crippen MR) is 121 cm³/mol. The van der Waals surface area contributed by atoms with Gasteiger partial charge in [-0.2, -0.15) is 0 Å². The summed E-state index contributed by atoms with van der Waals surface area (Å²) in [7, 11) is 2.05. The summed E-state index contributed by atoms with van der Waals surface area (Å²) in [5, 5.41) is 24.4. The van der Waals surface area contributed by atoms with Crippen molar-refractivity contribution in [2.24, 2.45) is 7.05 Å². The second-order valence-corrected chi connectivity index (χ2v) is 8.37. The van der Waals surface area contributed by atoms with Crippen LogP contribution in [0.25, 0.3) is 22.2 Å². The molecular weight excluding hydrogens is 394 g/mol. The molecule has 3 aromatic rings. The molecule has 1 aromatic carbocycles. The SMILES string of the molecule is CCc1c(-c2ccc3c(c2)cc(CNC2CCCCC2)n3C)[nH]c(=O)c(C(=O)O)c1O. The number of aryl methyl sites for hydroxylation is 1. The number of carboxylic acid groups (broad SMARTS) is 1. The zero-order valence-electron chi connectivity index (χ0n) is 18.0. The minimum absolute atomic E-state index is 0.390. The number of aromatic hydroxyl groups is 1. The Morgan fingerprint density at radius 1 is 1.23 bits per heavy atom. The van der Waals surface area contributed by atoms with Gasteiger partial charge in [-0.05, 0) is 43.0 Å². The number of fused-ring (bicyclic) bond motifs is 1. The van der Waals surface area contributed by atoms with Gasteiger partial charge in [0.05, 0.1) is 5.69 Å². The molecule has 7 nitrogen and oxygen atoms in total. The first kappa shape index (κ1) is 21.2.